The zero-order valence-corrected chi connectivity index (χ0v) is 12.1. The van der Waals surface area contributed by atoms with E-state index < -0.39 is 16.3 Å². The molecule has 0 fully saturated rings. The predicted octanol–water partition coefficient (Wildman–Crippen LogP) is 2.39. The number of rotatable bonds is 3. The molecule has 0 unspecified atom stereocenters. The summed E-state index contributed by atoms with van der Waals surface area (Å²) in [5, 5.41) is 2.25. The molecule has 4 N–H and O–H groups in total. The van der Waals surface area contributed by atoms with Crippen LogP contribution in [0.1, 0.15) is 0 Å². The normalized spacial score (nSPS) is 10.0. The molecule has 2 aromatic rings. The van der Waals surface area contributed by atoms with Crippen molar-refractivity contribution in [1.29, 1.82) is 5.53 Å². The highest BCUT2D eigenvalue weighted by molar-refractivity contribution is 7.83. The van der Waals surface area contributed by atoms with Crippen LogP contribution >= 0.6 is 0 Å². The largest absolute Gasteiger partial charge is 0.374 e. The number of urea groups is 1. The Morgan fingerprint density at radius 2 is 1.36 bits per heavy atom. The Balaban J connectivity index is 0.000000225. The maximum atomic E-state index is 9.96. The summed E-state index contributed by atoms with van der Waals surface area (Å²) in [7, 11) is -4.45. The Bertz CT molecular complexity index is 668. The van der Waals surface area contributed by atoms with E-state index in [1.807, 2.05) is 12.1 Å². The van der Waals surface area contributed by atoms with Gasteiger partial charge in [0.25, 0.3) is 0 Å². The van der Waals surface area contributed by atoms with Crippen molar-refractivity contribution in [2.75, 3.05) is 0 Å². The minimum atomic E-state index is -4.45. The smallest absolute Gasteiger partial charge is 0.272 e. The molecule has 0 saturated heterocycles. The first-order valence-electron chi connectivity index (χ1n) is 5.94. The third-order valence-corrected chi connectivity index (χ3v) is 2.63. The van der Waals surface area contributed by atoms with E-state index >= 15 is 0 Å². The molecule has 0 bridgehead atoms. The van der Waals surface area contributed by atoms with Crippen LogP contribution in [0.3, 0.4) is 0 Å². The molecule has 116 valence electrons. The first-order valence-corrected chi connectivity index (χ1v) is 7.38. The van der Waals surface area contributed by atoms with E-state index in [1.165, 1.54) is 21.4 Å². The zero-order chi connectivity index (χ0) is 16.4. The van der Waals surface area contributed by atoms with Gasteiger partial charge >= 0.3 is 16.3 Å². The van der Waals surface area contributed by atoms with E-state index in [0.29, 0.717) is 0 Å². The van der Waals surface area contributed by atoms with Crippen LogP contribution in [0.25, 0.3) is 11.1 Å². The SMILES string of the molecule is N=NC(=O)NNS(=O)(=O)O.c1ccc(-c2ccccc2)cc1. The maximum absolute atomic E-state index is 9.96. The summed E-state index contributed by atoms with van der Waals surface area (Å²) in [6, 6.07) is 19.6. The molecule has 0 aliphatic heterocycles. The fourth-order valence-electron chi connectivity index (χ4n) is 1.40. The lowest BCUT2D eigenvalue weighted by Crippen LogP contribution is -2.39. The van der Waals surface area contributed by atoms with Gasteiger partial charge in [0.05, 0.1) is 0 Å². The van der Waals surface area contributed by atoms with Gasteiger partial charge in [0.2, 0.25) is 0 Å². The topological polar surface area (TPSA) is 132 Å². The van der Waals surface area contributed by atoms with Crippen LogP contribution in [-0.2, 0) is 10.3 Å². The highest BCUT2D eigenvalue weighted by Gasteiger charge is 2.03. The molecule has 0 spiro atoms. The van der Waals surface area contributed by atoms with Crippen molar-refractivity contribution < 1.29 is 17.8 Å². The van der Waals surface area contributed by atoms with Gasteiger partial charge in [-0.1, -0.05) is 65.8 Å². The van der Waals surface area contributed by atoms with Gasteiger partial charge in [0.15, 0.2) is 0 Å². The third-order valence-electron chi connectivity index (χ3n) is 2.27. The number of carbonyl (C=O) groups excluding carboxylic acids is 1. The number of amides is 2. The van der Waals surface area contributed by atoms with E-state index in [9.17, 15) is 13.2 Å². The number of hydrogen-bond donors (Lipinski definition) is 4. The molecule has 9 heteroatoms. The first-order chi connectivity index (χ1) is 10.4. The zero-order valence-electron chi connectivity index (χ0n) is 11.3. The van der Waals surface area contributed by atoms with Crippen molar-refractivity contribution in [1.82, 2.24) is 10.3 Å². The van der Waals surface area contributed by atoms with Crippen molar-refractivity contribution >= 4 is 16.3 Å². The summed E-state index contributed by atoms with van der Waals surface area (Å²) in [4.78, 5) is 11.1. The summed E-state index contributed by atoms with van der Waals surface area (Å²) in [5.74, 6) is 0. The van der Waals surface area contributed by atoms with Crippen molar-refractivity contribution in [3.63, 3.8) is 0 Å². The fourth-order valence-corrected chi connectivity index (χ4v) is 1.61. The molecule has 22 heavy (non-hydrogen) atoms. The second-order valence-electron chi connectivity index (χ2n) is 3.85. The fraction of sp³-hybridized carbons (Fsp3) is 0. The molecule has 0 aromatic heterocycles. The quantitative estimate of drug-likeness (QED) is 0.392. The average molecular weight is 322 g/mol. The molecular weight excluding hydrogens is 308 g/mol. The van der Waals surface area contributed by atoms with Gasteiger partial charge in [-0.05, 0) is 11.1 Å². The van der Waals surface area contributed by atoms with Crippen molar-refractivity contribution in [3.8, 4) is 11.1 Å². The van der Waals surface area contributed by atoms with Crippen LogP contribution in [0.15, 0.2) is 65.8 Å². The number of carbonyl (C=O) groups is 1. The third kappa shape index (κ3) is 7.24. The van der Waals surface area contributed by atoms with E-state index in [0.717, 1.165) is 0 Å². The standard InChI is InChI=1S/C12H10.CH4N4O4S/c1-3-7-11(8-4-1)12-9-5-2-6-10-12;2-3-1(6)4-5-10(7,8)9/h1-10H;2,5H,(H,4,6)(H,7,8,9). The predicted molar refractivity (Wildman–Crippen MR) is 80.2 cm³/mol. The van der Waals surface area contributed by atoms with E-state index in [4.69, 9.17) is 10.1 Å². The molecule has 2 aromatic carbocycles. The van der Waals surface area contributed by atoms with Gasteiger partial charge in [-0.25, -0.2) is 4.79 Å². The molecule has 0 radical (unpaired) electrons. The van der Waals surface area contributed by atoms with Crippen LogP contribution in [0.4, 0.5) is 4.79 Å². The second kappa shape index (κ2) is 8.62. The van der Waals surface area contributed by atoms with E-state index in [-0.39, 0.29) is 0 Å². The van der Waals surface area contributed by atoms with Gasteiger partial charge in [0.1, 0.15) is 0 Å². The minimum Gasteiger partial charge on any atom is -0.272 e. The molecular formula is C13H14N4O4S. The summed E-state index contributed by atoms with van der Waals surface area (Å²) in [5.41, 5.74) is 9.96. The first kappa shape index (κ1) is 17.4. The minimum absolute atomic E-state index is 1.19. The molecule has 0 saturated carbocycles. The van der Waals surface area contributed by atoms with Gasteiger partial charge in [-0.2, -0.15) is 13.9 Å². The van der Waals surface area contributed by atoms with Gasteiger partial charge < -0.3 is 0 Å². The molecule has 0 aliphatic rings. The highest BCUT2D eigenvalue weighted by Crippen LogP contribution is 2.17. The Morgan fingerprint density at radius 1 is 0.955 bits per heavy atom. The monoisotopic (exact) mass is 322 g/mol. The second-order valence-corrected chi connectivity index (χ2v) is 5.01. The van der Waals surface area contributed by atoms with Crippen LogP contribution < -0.4 is 10.3 Å². The van der Waals surface area contributed by atoms with Crippen molar-refractivity contribution in [3.05, 3.63) is 60.7 Å². The van der Waals surface area contributed by atoms with Crippen LogP contribution in [0, 0.1) is 5.53 Å². The number of nitrogens with one attached hydrogen (secondary N) is 3. The lowest BCUT2D eigenvalue weighted by atomic mass is 10.1. The summed E-state index contributed by atoms with van der Waals surface area (Å²) in [6.45, 7) is 0. The molecule has 2 rings (SSSR count). The maximum Gasteiger partial charge on any atom is 0.374 e. The highest BCUT2D eigenvalue weighted by atomic mass is 32.2. The Labute approximate surface area is 127 Å². The number of benzene rings is 2. The Kier molecular flexibility index (Phi) is 6.83. The summed E-state index contributed by atoms with van der Waals surface area (Å²) in [6.07, 6.45) is 0. The Hall–Kier alpha value is -2.62. The Morgan fingerprint density at radius 3 is 1.68 bits per heavy atom. The number of hydrazine groups is 1. The van der Waals surface area contributed by atoms with E-state index in [1.54, 1.807) is 0 Å². The number of nitrogens with zero attached hydrogens (tertiary/aromatic N) is 1. The molecule has 2 amide bonds. The van der Waals surface area contributed by atoms with Crippen molar-refractivity contribution in [2.45, 2.75) is 0 Å². The molecule has 8 nitrogen and oxygen atoms in total. The van der Waals surface area contributed by atoms with Crippen molar-refractivity contribution in [2.24, 2.45) is 5.11 Å². The van der Waals surface area contributed by atoms with Gasteiger partial charge in [0, 0.05) is 0 Å². The average Bonchev–Trinajstić information content (AvgIpc) is 2.54. The molecule has 0 heterocycles. The van der Waals surface area contributed by atoms with Crippen LogP contribution in [0.5, 0.6) is 0 Å². The van der Waals surface area contributed by atoms with Crippen LogP contribution in [0.2, 0.25) is 0 Å². The molecule has 0 aliphatic carbocycles. The summed E-state index contributed by atoms with van der Waals surface area (Å²) >= 11 is 0. The number of hydrogen-bond acceptors (Lipinski definition) is 4. The molecule has 0 atom stereocenters. The van der Waals surface area contributed by atoms with Gasteiger partial charge in [-0.15, -0.1) is 4.83 Å². The van der Waals surface area contributed by atoms with Crippen LogP contribution in [-0.4, -0.2) is 19.0 Å². The lowest BCUT2D eigenvalue weighted by Gasteiger charge is -1.98. The summed E-state index contributed by atoms with van der Waals surface area (Å²) < 4.78 is 27.5. The van der Waals surface area contributed by atoms with E-state index in [2.05, 4.69) is 53.6 Å². The lowest BCUT2D eigenvalue weighted by molar-refractivity contribution is 0.245. The van der Waals surface area contributed by atoms with Gasteiger partial charge in [-0.3, -0.25) is 9.98 Å².